The number of phenolic OH excluding ortho intramolecular Hbond substituents is 1. The number of rotatable bonds is 5. The summed E-state index contributed by atoms with van der Waals surface area (Å²) >= 11 is 0. The number of aromatic hydroxyl groups is 1. The van der Waals surface area contributed by atoms with Crippen LogP contribution in [0.1, 0.15) is 24.9 Å². The zero-order chi connectivity index (χ0) is 20.1. The molecule has 1 aliphatic heterocycles. The van der Waals surface area contributed by atoms with Crippen LogP contribution in [0.2, 0.25) is 0 Å². The predicted octanol–water partition coefficient (Wildman–Crippen LogP) is 2.26. The maximum atomic E-state index is 10.1. The van der Waals surface area contributed by atoms with Crippen LogP contribution in [-0.4, -0.2) is 59.9 Å². The van der Waals surface area contributed by atoms with Crippen molar-refractivity contribution >= 4 is 5.96 Å². The second-order valence-corrected chi connectivity index (χ2v) is 7.04. The lowest BCUT2D eigenvalue weighted by Gasteiger charge is -2.39. The van der Waals surface area contributed by atoms with Gasteiger partial charge in [-0.3, -0.25) is 4.99 Å². The van der Waals surface area contributed by atoms with E-state index in [2.05, 4.69) is 31.7 Å². The summed E-state index contributed by atoms with van der Waals surface area (Å²) in [5.41, 5.74) is 0.934. The van der Waals surface area contributed by atoms with E-state index in [1.54, 1.807) is 19.2 Å². The Hall–Kier alpha value is -2.90. The number of piperidine rings is 1. The van der Waals surface area contributed by atoms with Gasteiger partial charge in [-0.2, -0.15) is 0 Å². The molecule has 0 spiro atoms. The minimum Gasteiger partial charge on any atom is -0.502 e. The van der Waals surface area contributed by atoms with Crippen LogP contribution in [0.25, 0.3) is 0 Å². The van der Waals surface area contributed by atoms with Crippen molar-refractivity contribution in [3.8, 4) is 17.2 Å². The molecule has 3 rings (SSSR count). The fourth-order valence-corrected chi connectivity index (χ4v) is 3.66. The third-order valence-corrected chi connectivity index (χ3v) is 5.33. The highest BCUT2D eigenvalue weighted by atomic mass is 16.5. The summed E-state index contributed by atoms with van der Waals surface area (Å²) in [7, 11) is 4.84. The van der Waals surface area contributed by atoms with Crippen molar-refractivity contribution in [1.29, 1.82) is 0 Å². The molecule has 2 unspecified atom stereocenters. The molecule has 0 bridgehead atoms. The highest BCUT2D eigenvalue weighted by molar-refractivity contribution is 5.80. The lowest BCUT2D eigenvalue weighted by atomic mass is 9.93. The highest BCUT2D eigenvalue weighted by Gasteiger charge is 2.28. The first kappa shape index (κ1) is 19.9. The number of benzene rings is 1. The lowest BCUT2D eigenvalue weighted by molar-refractivity contribution is 0.189. The fraction of sp³-hybridized carbons (Fsp3) is 0.500. The van der Waals surface area contributed by atoms with Gasteiger partial charge < -0.3 is 29.4 Å². The molecule has 0 amide bonds. The number of guanidine groups is 1. The van der Waals surface area contributed by atoms with Crippen molar-refractivity contribution in [2.24, 2.45) is 10.9 Å². The van der Waals surface area contributed by atoms with Crippen LogP contribution in [0, 0.1) is 5.92 Å². The number of aromatic nitrogens is 2. The molecule has 0 saturated carbocycles. The summed E-state index contributed by atoms with van der Waals surface area (Å²) in [5, 5.41) is 13.5. The maximum Gasteiger partial charge on any atom is 0.200 e. The SMILES string of the molecule is CN=C(NCc1cc(OC)c(O)c(OC)c1)N1CCC(C)C(n2ccnc2)C1. The first-order chi connectivity index (χ1) is 13.6. The van der Waals surface area contributed by atoms with Crippen molar-refractivity contribution in [2.45, 2.75) is 25.9 Å². The Morgan fingerprint density at radius 1 is 1.32 bits per heavy atom. The van der Waals surface area contributed by atoms with Gasteiger partial charge in [0.05, 0.1) is 26.6 Å². The number of ether oxygens (including phenoxy) is 2. The number of hydrogen-bond acceptors (Lipinski definition) is 5. The maximum absolute atomic E-state index is 10.1. The molecule has 1 fully saturated rings. The van der Waals surface area contributed by atoms with Gasteiger partial charge in [0.1, 0.15) is 0 Å². The van der Waals surface area contributed by atoms with Crippen LogP contribution >= 0.6 is 0 Å². The molecule has 8 heteroatoms. The molecular weight excluding hydrogens is 358 g/mol. The van der Waals surface area contributed by atoms with E-state index >= 15 is 0 Å². The Morgan fingerprint density at radius 3 is 2.61 bits per heavy atom. The van der Waals surface area contributed by atoms with Gasteiger partial charge in [0, 0.05) is 39.1 Å². The van der Waals surface area contributed by atoms with Gasteiger partial charge in [-0.15, -0.1) is 0 Å². The Morgan fingerprint density at radius 2 is 2.04 bits per heavy atom. The predicted molar refractivity (Wildman–Crippen MR) is 108 cm³/mol. The number of imidazole rings is 1. The number of nitrogens with zero attached hydrogens (tertiary/aromatic N) is 4. The van der Waals surface area contributed by atoms with E-state index in [4.69, 9.17) is 9.47 Å². The normalized spacial score (nSPS) is 20.1. The number of phenols is 1. The molecule has 2 aromatic rings. The van der Waals surface area contributed by atoms with E-state index in [-0.39, 0.29) is 5.75 Å². The Labute approximate surface area is 165 Å². The zero-order valence-corrected chi connectivity index (χ0v) is 16.9. The Balaban J connectivity index is 1.70. The average Bonchev–Trinajstić information content (AvgIpc) is 3.24. The molecule has 1 aromatic heterocycles. The molecule has 1 aliphatic rings. The number of aliphatic imine (C=N–C) groups is 1. The number of likely N-dealkylation sites (tertiary alicyclic amines) is 1. The summed E-state index contributed by atoms with van der Waals surface area (Å²) in [6, 6.07) is 3.96. The molecule has 2 heterocycles. The van der Waals surface area contributed by atoms with Crippen LogP contribution in [0.4, 0.5) is 0 Å². The summed E-state index contributed by atoms with van der Waals surface area (Å²) < 4.78 is 12.7. The first-order valence-corrected chi connectivity index (χ1v) is 9.44. The Kier molecular flexibility index (Phi) is 6.28. The van der Waals surface area contributed by atoms with E-state index in [0.717, 1.165) is 31.0 Å². The van der Waals surface area contributed by atoms with Crippen molar-refractivity contribution < 1.29 is 14.6 Å². The van der Waals surface area contributed by atoms with Crippen molar-refractivity contribution in [3.63, 3.8) is 0 Å². The minimum atomic E-state index is 0.00586. The monoisotopic (exact) mass is 387 g/mol. The van der Waals surface area contributed by atoms with Crippen LogP contribution in [-0.2, 0) is 6.54 Å². The molecule has 0 radical (unpaired) electrons. The van der Waals surface area contributed by atoms with Crippen molar-refractivity contribution in [3.05, 3.63) is 36.4 Å². The standard InChI is InChI=1S/C20H29N5O3/c1-14-5-7-24(12-16(14)25-8-6-22-13-25)20(21-2)23-11-15-9-17(27-3)19(26)18(10-15)28-4/h6,8-10,13-14,16,26H,5,7,11-12H2,1-4H3,(H,21,23). The molecule has 8 nitrogen and oxygen atoms in total. The topological polar surface area (TPSA) is 84.1 Å². The zero-order valence-electron chi connectivity index (χ0n) is 16.9. The number of hydrogen-bond donors (Lipinski definition) is 2. The van der Waals surface area contributed by atoms with E-state index in [0.29, 0.717) is 30.0 Å². The largest absolute Gasteiger partial charge is 0.502 e. The third kappa shape index (κ3) is 4.16. The van der Waals surface area contributed by atoms with Gasteiger partial charge in [-0.25, -0.2) is 4.98 Å². The summed E-state index contributed by atoms with van der Waals surface area (Å²) in [6.45, 7) is 4.66. The molecule has 2 atom stereocenters. The average molecular weight is 387 g/mol. The van der Waals surface area contributed by atoms with E-state index < -0.39 is 0 Å². The van der Waals surface area contributed by atoms with Crippen LogP contribution in [0.5, 0.6) is 17.2 Å². The Bertz CT molecular complexity index is 781. The summed E-state index contributed by atoms with van der Waals surface area (Å²) in [6.07, 6.45) is 6.82. The van der Waals surface area contributed by atoms with E-state index in [1.807, 2.05) is 18.7 Å². The summed E-state index contributed by atoms with van der Waals surface area (Å²) in [5.74, 6) is 2.21. The van der Waals surface area contributed by atoms with Gasteiger partial charge in [-0.1, -0.05) is 6.92 Å². The quantitative estimate of drug-likeness (QED) is 0.605. The molecule has 0 aliphatic carbocycles. The number of nitrogens with one attached hydrogen (secondary N) is 1. The number of methoxy groups -OCH3 is 2. The van der Waals surface area contributed by atoms with Crippen LogP contribution in [0.3, 0.4) is 0 Å². The smallest absolute Gasteiger partial charge is 0.200 e. The molecule has 28 heavy (non-hydrogen) atoms. The van der Waals surface area contributed by atoms with Crippen molar-refractivity contribution in [2.75, 3.05) is 34.4 Å². The van der Waals surface area contributed by atoms with Crippen molar-refractivity contribution in [1.82, 2.24) is 19.8 Å². The van der Waals surface area contributed by atoms with E-state index in [1.165, 1.54) is 14.2 Å². The second-order valence-electron chi connectivity index (χ2n) is 7.04. The third-order valence-electron chi connectivity index (χ3n) is 5.33. The fourth-order valence-electron chi connectivity index (χ4n) is 3.66. The minimum absolute atomic E-state index is 0.00586. The van der Waals surface area contributed by atoms with Gasteiger partial charge in [-0.05, 0) is 30.0 Å². The van der Waals surface area contributed by atoms with Gasteiger partial charge in [0.25, 0.3) is 0 Å². The molecule has 1 saturated heterocycles. The first-order valence-electron chi connectivity index (χ1n) is 9.44. The molecule has 2 N–H and O–H groups in total. The van der Waals surface area contributed by atoms with Gasteiger partial charge in [0.15, 0.2) is 17.5 Å². The van der Waals surface area contributed by atoms with Gasteiger partial charge in [0.2, 0.25) is 5.75 Å². The highest BCUT2D eigenvalue weighted by Crippen LogP contribution is 2.37. The van der Waals surface area contributed by atoms with Crippen LogP contribution < -0.4 is 14.8 Å². The molecule has 1 aromatic carbocycles. The van der Waals surface area contributed by atoms with E-state index in [9.17, 15) is 5.11 Å². The van der Waals surface area contributed by atoms with Crippen LogP contribution in [0.15, 0.2) is 35.8 Å². The molecule has 152 valence electrons. The summed E-state index contributed by atoms with van der Waals surface area (Å²) in [4.78, 5) is 10.9. The lowest BCUT2D eigenvalue weighted by Crippen LogP contribution is -2.48. The molecular formula is C20H29N5O3. The second kappa shape index (κ2) is 8.86. The van der Waals surface area contributed by atoms with Gasteiger partial charge >= 0.3 is 0 Å².